The molecule has 1 aliphatic heterocycles. The minimum Gasteiger partial charge on any atom is -0.497 e. The molecule has 1 aromatic carbocycles. The summed E-state index contributed by atoms with van der Waals surface area (Å²) in [6.45, 7) is 8.18. The first-order chi connectivity index (χ1) is 13.1. The number of urea groups is 1. The summed E-state index contributed by atoms with van der Waals surface area (Å²) in [4.78, 5) is 19.6. The number of methoxy groups -OCH3 is 1. The molecular weight excluding hydrogens is 340 g/mol. The van der Waals surface area contributed by atoms with Crippen molar-refractivity contribution in [2.45, 2.75) is 44.8 Å². The van der Waals surface area contributed by atoms with Crippen LogP contribution in [0.3, 0.4) is 0 Å². The van der Waals surface area contributed by atoms with E-state index in [4.69, 9.17) is 4.74 Å². The summed E-state index contributed by atoms with van der Waals surface area (Å²) in [6, 6.07) is 8.95. The van der Waals surface area contributed by atoms with Crippen LogP contribution in [0.15, 0.2) is 24.3 Å². The lowest BCUT2D eigenvalue weighted by atomic mass is 10.1. The molecule has 1 N–H and O–H groups in total. The second kappa shape index (κ2) is 9.42. The number of carbonyl (C=O) groups excluding carboxylic acids is 1. The molecule has 1 aromatic rings. The van der Waals surface area contributed by atoms with E-state index in [0.29, 0.717) is 18.6 Å². The maximum atomic E-state index is 12.7. The fourth-order valence-electron chi connectivity index (χ4n) is 3.62. The summed E-state index contributed by atoms with van der Waals surface area (Å²) in [7, 11) is 3.85. The van der Waals surface area contributed by atoms with Gasteiger partial charge in [0.25, 0.3) is 0 Å². The van der Waals surface area contributed by atoms with Crippen LogP contribution in [0.1, 0.15) is 31.7 Å². The van der Waals surface area contributed by atoms with Gasteiger partial charge in [0.2, 0.25) is 0 Å². The summed E-state index contributed by atoms with van der Waals surface area (Å²) >= 11 is 0. The Bertz CT molecular complexity index is 595. The lowest BCUT2D eigenvalue weighted by Gasteiger charge is -2.36. The quantitative estimate of drug-likeness (QED) is 0.759. The van der Waals surface area contributed by atoms with Crippen molar-refractivity contribution in [1.82, 2.24) is 20.0 Å². The third-order valence-electron chi connectivity index (χ3n) is 5.76. The Balaban J connectivity index is 1.44. The molecule has 150 valence electrons. The average molecular weight is 375 g/mol. The van der Waals surface area contributed by atoms with E-state index in [0.717, 1.165) is 63.3 Å². The maximum absolute atomic E-state index is 12.7. The van der Waals surface area contributed by atoms with Gasteiger partial charge in [-0.2, -0.15) is 0 Å². The third-order valence-corrected chi connectivity index (χ3v) is 5.76. The molecule has 6 nitrogen and oxygen atoms in total. The van der Waals surface area contributed by atoms with E-state index in [-0.39, 0.29) is 6.03 Å². The van der Waals surface area contributed by atoms with Gasteiger partial charge in [-0.25, -0.2) is 4.79 Å². The standard InChI is InChI=1S/C21H34N4O2/c1-17(24-14-12-23(2)13-15-24)10-11-22-21(26)25(19-6-7-19)16-18-4-8-20(27-3)9-5-18/h4-5,8-9,17,19H,6-7,10-16H2,1-3H3,(H,22,26)/t17-/m0/s1. The number of hydrogen-bond donors (Lipinski definition) is 1. The Hall–Kier alpha value is -1.79. The molecule has 0 spiro atoms. The SMILES string of the molecule is COc1ccc(CN(C(=O)NCC[C@H](C)N2CCN(C)CC2)C2CC2)cc1. The maximum Gasteiger partial charge on any atom is 0.317 e. The largest absolute Gasteiger partial charge is 0.497 e. The van der Waals surface area contributed by atoms with Crippen molar-refractivity contribution in [3.63, 3.8) is 0 Å². The van der Waals surface area contributed by atoms with Crippen LogP contribution in [-0.4, -0.2) is 79.7 Å². The molecule has 2 aliphatic rings. The first-order valence-electron chi connectivity index (χ1n) is 10.2. The fraction of sp³-hybridized carbons (Fsp3) is 0.667. The summed E-state index contributed by atoms with van der Waals surface area (Å²) in [5, 5.41) is 3.15. The number of hydrogen-bond acceptors (Lipinski definition) is 4. The highest BCUT2D eigenvalue weighted by Crippen LogP contribution is 2.28. The number of ether oxygens (including phenoxy) is 1. The summed E-state index contributed by atoms with van der Waals surface area (Å²) in [6.07, 6.45) is 3.22. The molecule has 0 bridgehead atoms. The van der Waals surface area contributed by atoms with Gasteiger partial charge < -0.3 is 19.9 Å². The molecule has 2 fully saturated rings. The second-order valence-electron chi connectivity index (χ2n) is 7.92. The van der Waals surface area contributed by atoms with E-state index in [2.05, 4.69) is 29.1 Å². The molecule has 1 saturated heterocycles. The third kappa shape index (κ3) is 5.84. The number of nitrogens with zero attached hydrogens (tertiary/aromatic N) is 3. The number of likely N-dealkylation sites (N-methyl/N-ethyl adjacent to an activating group) is 1. The predicted molar refractivity (Wildman–Crippen MR) is 108 cm³/mol. The Morgan fingerprint density at radius 2 is 1.89 bits per heavy atom. The molecular formula is C21H34N4O2. The van der Waals surface area contributed by atoms with E-state index in [9.17, 15) is 4.79 Å². The van der Waals surface area contributed by atoms with E-state index < -0.39 is 0 Å². The van der Waals surface area contributed by atoms with Crippen LogP contribution in [0.5, 0.6) is 5.75 Å². The lowest BCUT2D eigenvalue weighted by molar-refractivity contribution is 0.114. The summed E-state index contributed by atoms with van der Waals surface area (Å²) < 4.78 is 5.21. The molecule has 0 radical (unpaired) electrons. The van der Waals surface area contributed by atoms with E-state index in [1.54, 1.807) is 7.11 Å². The molecule has 1 heterocycles. The molecule has 0 aromatic heterocycles. The minimum atomic E-state index is 0.0684. The summed E-state index contributed by atoms with van der Waals surface area (Å²) in [5.41, 5.74) is 1.14. The van der Waals surface area contributed by atoms with Crippen molar-refractivity contribution in [2.24, 2.45) is 0 Å². The molecule has 1 atom stereocenters. The fourth-order valence-corrected chi connectivity index (χ4v) is 3.62. The van der Waals surface area contributed by atoms with Crippen molar-refractivity contribution in [2.75, 3.05) is 46.9 Å². The zero-order valence-corrected chi connectivity index (χ0v) is 17.0. The molecule has 1 saturated carbocycles. The first kappa shape index (κ1) is 20.0. The van der Waals surface area contributed by atoms with Crippen LogP contribution in [0.2, 0.25) is 0 Å². The smallest absolute Gasteiger partial charge is 0.317 e. The van der Waals surface area contributed by atoms with Crippen molar-refractivity contribution >= 4 is 6.03 Å². The van der Waals surface area contributed by atoms with Gasteiger partial charge in [-0.15, -0.1) is 0 Å². The van der Waals surface area contributed by atoms with Crippen LogP contribution >= 0.6 is 0 Å². The van der Waals surface area contributed by atoms with E-state index >= 15 is 0 Å². The Morgan fingerprint density at radius 1 is 1.22 bits per heavy atom. The number of rotatable bonds is 8. The van der Waals surface area contributed by atoms with E-state index in [1.165, 1.54) is 0 Å². The zero-order chi connectivity index (χ0) is 19.2. The van der Waals surface area contributed by atoms with Gasteiger partial charge in [-0.05, 0) is 50.9 Å². The average Bonchev–Trinajstić information content (AvgIpc) is 3.52. The number of carbonyl (C=O) groups is 1. The van der Waals surface area contributed by atoms with Gasteiger partial charge in [0.05, 0.1) is 7.11 Å². The number of benzene rings is 1. The number of nitrogens with one attached hydrogen (secondary N) is 1. The topological polar surface area (TPSA) is 48.1 Å². The molecule has 27 heavy (non-hydrogen) atoms. The minimum absolute atomic E-state index is 0.0684. The van der Waals surface area contributed by atoms with Gasteiger partial charge >= 0.3 is 6.03 Å². The van der Waals surface area contributed by atoms with Gasteiger partial charge in [0, 0.05) is 51.4 Å². The molecule has 3 rings (SSSR count). The van der Waals surface area contributed by atoms with Crippen LogP contribution in [0.25, 0.3) is 0 Å². The van der Waals surface area contributed by atoms with Crippen molar-refractivity contribution in [3.8, 4) is 5.75 Å². The first-order valence-corrected chi connectivity index (χ1v) is 10.2. The van der Waals surface area contributed by atoms with Gasteiger partial charge in [-0.3, -0.25) is 4.90 Å². The Kier molecular flexibility index (Phi) is 6.96. The van der Waals surface area contributed by atoms with Crippen molar-refractivity contribution < 1.29 is 9.53 Å². The Morgan fingerprint density at radius 3 is 2.48 bits per heavy atom. The van der Waals surface area contributed by atoms with Crippen LogP contribution in [-0.2, 0) is 6.54 Å². The van der Waals surface area contributed by atoms with Crippen molar-refractivity contribution in [3.05, 3.63) is 29.8 Å². The second-order valence-corrected chi connectivity index (χ2v) is 7.92. The van der Waals surface area contributed by atoms with Gasteiger partial charge in [-0.1, -0.05) is 12.1 Å². The highest BCUT2D eigenvalue weighted by Gasteiger charge is 2.32. The predicted octanol–water partition coefficient (Wildman–Crippen LogP) is 2.40. The van der Waals surface area contributed by atoms with Gasteiger partial charge in [0.15, 0.2) is 0 Å². The van der Waals surface area contributed by atoms with Crippen molar-refractivity contribution in [1.29, 1.82) is 0 Å². The van der Waals surface area contributed by atoms with Crippen LogP contribution in [0, 0.1) is 0 Å². The molecule has 0 unspecified atom stereocenters. The lowest BCUT2D eigenvalue weighted by Crippen LogP contribution is -2.49. The summed E-state index contributed by atoms with van der Waals surface area (Å²) in [5.74, 6) is 0.846. The normalized spacial score (nSPS) is 19.5. The monoisotopic (exact) mass is 374 g/mol. The highest BCUT2D eigenvalue weighted by molar-refractivity contribution is 5.74. The number of piperazine rings is 1. The molecule has 1 aliphatic carbocycles. The molecule has 2 amide bonds. The van der Waals surface area contributed by atoms with Crippen LogP contribution in [0.4, 0.5) is 4.79 Å². The highest BCUT2D eigenvalue weighted by atomic mass is 16.5. The zero-order valence-electron chi connectivity index (χ0n) is 17.0. The van der Waals surface area contributed by atoms with Gasteiger partial charge in [0.1, 0.15) is 5.75 Å². The molecule has 6 heteroatoms. The number of amides is 2. The van der Waals surface area contributed by atoms with E-state index in [1.807, 2.05) is 29.2 Å². The Labute approximate surface area is 163 Å². The van der Waals surface area contributed by atoms with Crippen LogP contribution < -0.4 is 10.1 Å².